The van der Waals surface area contributed by atoms with Crippen molar-refractivity contribution in [2.75, 3.05) is 0 Å². The lowest BCUT2D eigenvalue weighted by Gasteiger charge is -2.28. The van der Waals surface area contributed by atoms with Gasteiger partial charge in [0, 0.05) is 11.8 Å². The summed E-state index contributed by atoms with van der Waals surface area (Å²) in [6.45, 7) is 0. The first kappa shape index (κ1) is 7.58. The van der Waals surface area contributed by atoms with Crippen LogP contribution in [0.1, 0.15) is 28.5 Å². The van der Waals surface area contributed by atoms with Crippen molar-refractivity contribution in [2.45, 2.75) is 11.8 Å². The zero-order valence-electron chi connectivity index (χ0n) is 7.64. The van der Waals surface area contributed by atoms with Crippen molar-refractivity contribution in [3.63, 3.8) is 0 Å². The van der Waals surface area contributed by atoms with Gasteiger partial charge in [-0.15, -0.1) is 0 Å². The Balaban J connectivity index is 2.22. The normalized spacial score (nSPS) is 25.9. The largest absolute Gasteiger partial charge is 0.192 e. The summed E-state index contributed by atoms with van der Waals surface area (Å²) in [6.07, 6.45) is 8.90. The van der Waals surface area contributed by atoms with Crippen LogP contribution in [0, 0.1) is 11.3 Å². The molecule has 0 unspecified atom stereocenters. The van der Waals surface area contributed by atoms with Gasteiger partial charge in [0.15, 0.2) is 0 Å². The Bertz CT molecular complexity index is 474. The fourth-order valence-corrected chi connectivity index (χ4v) is 2.26. The molecule has 0 spiro atoms. The summed E-state index contributed by atoms with van der Waals surface area (Å²) in [7, 11) is 0. The van der Waals surface area contributed by atoms with Gasteiger partial charge in [0.2, 0.25) is 0 Å². The first-order valence-electron chi connectivity index (χ1n) is 4.79. The number of nitriles is 1. The second-order valence-electron chi connectivity index (χ2n) is 3.78. The van der Waals surface area contributed by atoms with E-state index in [2.05, 4.69) is 36.4 Å². The molecule has 2 bridgehead atoms. The minimum atomic E-state index is 0.392. The average molecular weight is 179 g/mol. The van der Waals surface area contributed by atoms with Crippen molar-refractivity contribution in [3.8, 4) is 6.07 Å². The molecule has 66 valence electrons. The van der Waals surface area contributed by atoms with Crippen molar-refractivity contribution in [1.29, 1.82) is 5.26 Å². The second-order valence-corrected chi connectivity index (χ2v) is 3.78. The highest BCUT2D eigenvalue weighted by Gasteiger charge is 2.24. The van der Waals surface area contributed by atoms with Gasteiger partial charge in [-0.05, 0) is 23.3 Å². The van der Waals surface area contributed by atoms with Crippen LogP contribution in [0.2, 0.25) is 0 Å². The predicted molar refractivity (Wildman–Crippen MR) is 54.9 cm³/mol. The Morgan fingerprint density at radius 3 is 2.21 bits per heavy atom. The van der Waals surface area contributed by atoms with Gasteiger partial charge in [0.05, 0.1) is 11.6 Å². The molecule has 0 heterocycles. The van der Waals surface area contributed by atoms with E-state index in [0.29, 0.717) is 11.8 Å². The molecule has 0 fully saturated rings. The number of hydrogen-bond donors (Lipinski definition) is 0. The first-order valence-corrected chi connectivity index (χ1v) is 4.79. The molecule has 0 saturated heterocycles. The molecule has 1 nitrogen and oxygen atoms in total. The van der Waals surface area contributed by atoms with Gasteiger partial charge in [-0.25, -0.2) is 0 Å². The minimum Gasteiger partial charge on any atom is -0.192 e. The Labute approximate surface area is 83.0 Å². The van der Waals surface area contributed by atoms with E-state index in [1.165, 1.54) is 11.1 Å². The van der Waals surface area contributed by atoms with Crippen LogP contribution in [-0.2, 0) is 0 Å². The molecule has 14 heavy (non-hydrogen) atoms. The lowest BCUT2D eigenvalue weighted by atomic mass is 9.76. The van der Waals surface area contributed by atoms with E-state index in [1.54, 1.807) is 0 Å². The Morgan fingerprint density at radius 1 is 0.929 bits per heavy atom. The highest BCUT2D eigenvalue weighted by atomic mass is 14.3. The molecule has 0 saturated carbocycles. The summed E-state index contributed by atoms with van der Waals surface area (Å²) >= 11 is 0. The lowest BCUT2D eigenvalue weighted by Crippen LogP contribution is -2.12. The van der Waals surface area contributed by atoms with Gasteiger partial charge in [-0.2, -0.15) is 5.26 Å². The Morgan fingerprint density at radius 2 is 1.57 bits per heavy atom. The molecule has 0 N–H and O–H groups in total. The van der Waals surface area contributed by atoms with E-state index >= 15 is 0 Å². The van der Waals surface area contributed by atoms with E-state index in [4.69, 9.17) is 5.26 Å². The summed E-state index contributed by atoms with van der Waals surface area (Å²) in [5.41, 5.74) is 3.43. The fraction of sp³-hybridized carbons (Fsp3) is 0.154. The lowest BCUT2D eigenvalue weighted by molar-refractivity contribution is 0.877. The molecular weight excluding hydrogens is 170 g/mol. The van der Waals surface area contributed by atoms with Crippen molar-refractivity contribution < 1.29 is 0 Å². The van der Waals surface area contributed by atoms with Gasteiger partial charge in [0.25, 0.3) is 0 Å². The third kappa shape index (κ3) is 0.885. The van der Waals surface area contributed by atoms with E-state index in [1.807, 2.05) is 12.1 Å². The van der Waals surface area contributed by atoms with Crippen molar-refractivity contribution in [1.82, 2.24) is 0 Å². The quantitative estimate of drug-likeness (QED) is 0.562. The summed E-state index contributed by atoms with van der Waals surface area (Å²) < 4.78 is 0. The minimum absolute atomic E-state index is 0.392. The summed E-state index contributed by atoms with van der Waals surface area (Å²) in [6, 6.07) is 8.19. The number of nitrogens with zero attached hydrogens (tertiary/aromatic N) is 1. The van der Waals surface area contributed by atoms with E-state index < -0.39 is 0 Å². The van der Waals surface area contributed by atoms with Crippen molar-refractivity contribution in [3.05, 3.63) is 59.2 Å². The monoisotopic (exact) mass is 179 g/mol. The van der Waals surface area contributed by atoms with Gasteiger partial charge in [-0.1, -0.05) is 30.4 Å². The molecule has 3 aliphatic rings. The molecule has 3 aliphatic carbocycles. The highest BCUT2D eigenvalue weighted by molar-refractivity contribution is 5.53. The Hall–Kier alpha value is -1.81. The SMILES string of the molecule is N#Cc1ccc2c(c1)C1C=CC2C=C1. The van der Waals surface area contributed by atoms with E-state index in [-0.39, 0.29) is 0 Å². The highest BCUT2D eigenvalue weighted by Crippen LogP contribution is 2.40. The smallest absolute Gasteiger partial charge is 0.0991 e. The third-order valence-electron chi connectivity index (χ3n) is 2.99. The van der Waals surface area contributed by atoms with Gasteiger partial charge in [-0.3, -0.25) is 0 Å². The molecule has 0 radical (unpaired) electrons. The summed E-state index contributed by atoms with van der Waals surface area (Å²) in [5, 5.41) is 8.82. The third-order valence-corrected chi connectivity index (χ3v) is 2.99. The molecule has 4 rings (SSSR count). The maximum absolute atomic E-state index is 8.82. The van der Waals surface area contributed by atoms with Crippen LogP contribution in [0.4, 0.5) is 0 Å². The molecule has 0 aromatic heterocycles. The molecule has 1 aromatic rings. The summed E-state index contributed by atoms with van der Waals surface area (Å²) in [5.74, 6) is 0.825. The maximum Gasteiger partial charge on any atom is 0.0991 e. The van der Waals surface area contributed by atoms with E-state index in [0.717, 1.165) is 5.56 Å². The average Bonchev–Trinajstić information content (AvgIpc) is 2.30. The molecule has 1 heteroatoms. The number of allylic oxidation sites excluding steroid dienone is 4. The van der Waals surface area contributed by atoms with Crippen LogP contribution in [0.5, 0.6) is 0 Å². The summed E-state index contributed by atoms with van der Waals surface area (Å²) in [4.78, 5) is 0. The van der Waals surface area contributed by atoms with Crippen LogP contribution in [0.3, 0.4) is 0 Å². The van der Waals surface area contributed by atoms with Crippen LogP contribution in [-0.4, -0.2) is 0 Å². The van der Waals surface area contributed by atoms with Gasteiger partial charge in [0.1, 0.15) is 0 Å². The number of rotatable bonds is 0. The molecule has 0 amide bonds. The van der Waals surface area contributed by atoms with Crippen LogP contribution >= 0.6 is 0 Å². The van der Waals surface area contributed by atoms with Gasteiger partial charge < -0.3 is 0 Å². The molecule has 0 atom stereocenters. The second kappa shape index (κ2) is 2.59. The zero-order valence-corrected chi connectivity index (χ0v) is 7.64. The van der Waals surface area contributed by atoms with Crippen LogP contribution < -0.4 is 0 Å². The zero-order chi connectivity index (χ0) is 9.54. The molecular formula is C13H9N. The topological polar surface area (TPSA) is 23.8 Å². The Kier molecular flexibility index (Phi) is 1.40. The van der Waals surface area contributed by atoms with Crippen molar-refractivity contribution >= 4 is 0 Å². The standard InChI is InChI=1S/C13H9N/c14-8-9-1-6-12-10-2-4-11(5-3-10)13(12)7-9/h1-7,10-11H. The molecule has 1 aromatic carbocycles. The maximum atomic E-state index is 8.82. The first-order chi connectivity index (χ1) is 6.88. The van der Waals surface area contributed by atoms with E-state index in [9.17, 15) is 0 Å². The van der Waals surface area contributed by atoms with Crippen molar-refractivity contribution in [2.24, 2.45) is 0 Å². The van der Waals surface area contributed by atoms with Crippen LogP contribution in [0.15, 0.2) is 42.5 Å². The fourth-order valence-electron chi connectivity index (χ4n) is 2.26. The van der Waals surface area contributed by atoms with Crippen LogP contribution in [0.25, 0.3) is 0 Å². The number of hydrogen-bond acceptors (Lipinski definition) is 1. The molecule has 0 aliphatic heterocycles. The van der Waals surface area contributed by atoms with Gasteiger partial charge >= 0.3 is 0 Å². The predicted octanol–water partition coefficient (Wildman–Crippen LogP) is 2.87. The number of benzene rings is 1.